The van der Waals surface area contributed by atoms with Crippen LogP contribution in [0.15, 0.2) is 30.3 Å². The second kappa shape index (κ2) is 9.45. The van der Waals surface area contributed by atoms with Gasteiger partial charge in [0.2, 0.25) is 11.8 Å². The molecule has 0 radical (unpaired) electrons. The Kier molecular flexibility index (Phi) is 7.59. The minimum Gasteiger partial charge on any atom is -0.445 e. The minimum absolute atomic E-state index is 0.121. The molecule has 0 saturated heterocycles. The van der Waals surface area contributed by atoms with Gasteiger partial charge in [0.1, 0.15) is 18.7 Å². The topological polar surface area (TPSA) is 96.5 Å². The highest BCUT2D eigenvalue weighted by Gasteiger charge is 2.20. The third-order valence-electron chi connectivity index (χ3n) is 3.04. The van der Waals surface area contributed by atoms with Crippen molar-refractivity contribution in [3.05, 3.63) is 35.9 Å². The lowest BCUT2D eigenvalue weighted by Crippen LogP contribution is -2.51. The van der Waals surface area contributed by atoms with E-state index >= 15 is 0 Å². The molecule has 0 heterocycles. The van der Waals surface area contributed by atoms with Gasteiger partial charge in [-0.2, -0.15) is 0 Å². The number of hydrogen-bond acceptors (Lipinski definition) is 4. The van der Waals surface area contributed by atoms with Crippen LogP contribution < -0.4 is 16.0 Å². The van der Waals surface area contributed by atoms with E-state index in [2.05, 4.69) is 16.0 Å². The van der Waals surface area contributed by atoms with Crippen LogP contribution >= 0.6 is 0 Å². The van der Waals surface area contributed by atoms with Crippen LogP contribution in [0, 0.1) is 0 Å². The molecule has 0 bridgehead atoms. The standard InChI is InChI=1S/C16H23N3O4/c1-4-17-14(20)11(2)18-15(21)12(3)19-16(22)23-10-13-8-6-5-7-9-13/h5-9,11-12H,4,10H2,1-3H3,(H,17,20)(H,18,21)(H,19,22). The highest BCUT2D eigenvalue weighted by molar-refractivity contribution is 5.90. The second-order valence-corrected chi connectivity index (χ2v) is 5.05. The van der Waals surface area contributed by atoms with Crippen LogP contribution in [0.5, 0.6) is 0 Å². The van der Waals surface area contributed by atoms with Gasteiger partial charge in [-0.05, 0) is 26.3 Å². The summed E-state index contributed by atoms with van der Waals surface area (Å²) in [5.74, 6) is -0.736. The molecule has 3 N–H and O–H groups in total. The van der Waals surface area contributed by atoms with Crippen LogP contribution in [0.4, 0.5) is 4.79 Å². The van der Waals surface area contributed by atoms with Gasteiger partial charge in [0, 0.05) is 6.54 Å². The summed E-state index contributed by atoms with van der Waals surface area (Å²) in [6.45, 7) is 5.49. The van der Waals surface area contributed by atoms with Crippen molar-refractivity contribution in [3.8, 4) is 0 Å². The normalized spacial score (nSPS) is 12.7. The molecule has 0 fully saturated rings. The Bertz CT molecular complexity index is 533. The lowest BCUT2D eigenvalue weighted by atomic mass is 10.2. The highest BCUT2D eigenvalue weighted by atomic mass is 16.5. The molecular weight excluding hydrogens is 298 g/mol. The highest BCUT2D eigenvalue weighted by Crippen LogP contribution is 2.00. The summed E-state index contributed by atoms with van der Waals surface area (Å²) in [4.78, 5) is 35.1. The average Bonchev–Trinajstić information content (AvgIpc) is 2.54. The van der Waals surface area contributed by atoms with Crippen LogP contribution in [-0.2, 0) is 20.9 Å². The smallest absolute Gasteiger partial charge is 0.408 e. The van der Waals surface area contributed by atoms with E-state index in [9.17, 15) is 14.4 Å². The van der Waals surface area contributed by atoms with Crippen molar-refractivity contribution in [3.63, 3.8) is 0 Å². The van der Waals surface area contributed by atoms with E-state index in [4.69, 9.17) is 4.74 Å². The van der Waals surface area contributed by atoms with E-state index in [-0.39, 0.29) is 12.5 Å². The molecule has 126 valence electrons. The predicted octanol–water partition coefficient (Wildman–Crippen LogP) is 0.942. The van der Waals surface area contributed by atoms with Gasteiger partial charge >= 0.3 is 6.09 Å². The zero-order valence-electron chi connectivity index (χ0n) is 13.6. The first kappa shape index (κ1) is 18.5. The molecule has 0 aromatic heterocycles. The monoisotopic (exact) mass is 321 g/mol. The van der Waals surface area contributed by atoms with Gasteiger partial charge in [-0.15, -0.1) is 0 Å². The fourth-order valence-electron chi connectivity index (χ4n) is 1.74. The molecule has 1 rings (SSSR count). The molecule has 2 atom stereocenters. The Morgan fingerprint density at radius 3 is 2.22 bits per heavy atom. The van der Waals surface area contributed by atoms with Crippen LogP contribution in [0.1, 0.15) is 26.3 Å². The Balaban J connectivity index is 2.36. The molecule has 1 aromatic rings. The minimum atomic E-state index is -0.810. The Labute approximate surface area is 135 Å². The quantitative estimate of drug-likeness (QED) is 0.696. The van der Waals surface area contributed by atoms with Gasteiger partial charge in [-0.25, -0.2) is 4.79 Å². The first-order valence-electron chi connectivity index (χ1n) is 7.49. The van der Waals surface area contributed by atoms with Gasteiger partial charge in [0.15, 0.2) is 0 Å². The number of hydrogen-bond donors (Lipinski definition) is 3. The van der Waals surface area contributed by atoms with Gasteiger partial charge in [0.25, 0.3) is 0 Å². The summed E-state index contributed by atoms with van der Waals surface area (Å²) in [5.41, 5.74) is 0.851. The molecule has 23 heavy (non-hydrogen) atoms. The van der Waals surface area contributed by atoms with Crippen LogP contribution in [0.2, 0.25) is 0 Å². The molecule has 0 spiro atoms. The second-order valence-electron chi connectivity index (χ2n) is 5.05. The molecule has 7 heteroatoms. The van der Waals surface area contributed by atoms with Gasteiger partial charge in [-0.1, -0.05) is 30.3 Å². The summed E-state index contributed by atoms with van der Waals surface area (Å²) < 4.78 is 5.03. The van der Waals surface area contributed by atoms with Crippen LogP contribution in [0.3, 0.4) is 0 Å². The number of alkyl carbamates (subject to hydrolysis) is 1. The van der Waals surface area contributed by atoms with Crippen LogP contribution in [-0.4, -0.2) is 36.5 Å². The van der Waals surface area contributed by atoms with Crippen molar-refractivity contribution in [1.82, 2.24) is 16.0 Å². The fraction of sp³-hybridized carbons (Fsp3) is 0.438. The van der Waals surface area contributed by atoms with E-state index in [0.29, 0.717) is 6.54 Å². The van der Waals surface area contributed by atoms with Crippen molar-refractivity contribution in [2.24, 2.45) is 0 Å². The maximum absolute atomic E-state index is 11.9. The Hall–Kier alpha value is -2.57. The number of ether oxygens (including phenoxy) is 1. The van der Waals surface area contributed by atoms with E-state index in [1.807, 2.05) is 30.3 Å². The summed E-state index contributed by atoms with van der Waals surface area (Å²) in [7, 11) is 0. The number of benzene rings is 1. The molecule has 0 aliphatic carbocycles. The van der Waals surface area contributed by atoms with E-state index < -0.39 is 24.1 Å². The molecule has 3 amide bonds. The average molecular weight is 321 g/mol. The maximum atomic E-state index is 11.9. The van der Waals surface area contributed by atoms with Gasteiger partial charge in [0.05, 0.1) is 0 Å². The molecule has 7 nitrogen and oxygen atoms in total. The lowest BCUT2D eigenvalue weighted by Gasteiger charge is -2.18. The molecule has 0 aliphatic rings. The number of amides is 3. The van der Waals surface area contributed by atoms with Crippen molar-refractivity contribution in [2.45, 2.75) is 39.5 Å². The number of likely N-dealkylation sites (N-methyl/N-ethyl adjacent to an activating group) is 1. The number of rotatable bonds is 7. The lowest BCUT2D eigenvalue weighted by molar-refractivity contribution is -0.129. The zero-order chi connectivity index (χ0) is 17.2. The fourth-order valence-corrected chi connectivity index (χ4v) is 1.74. The van der Waals surface area contributed by atoms with E-state index in [0.717, 1.165) is 5.56 Å². The zero-order valence-corrected chi connectivity index (χ0v) is 13.6. The predicted molar refractivity (Wildman–Crippen MR) is 85.5 cm³/mol. The number of nitrogens with one attached hydrogen (secondary N) is 3. The first-order chi connectivity index (χ1) is 10.9. The van der Waals surface area contributed by atoms with Crippen LogP contribution in [0.25, 0.3) is 0 Å². The molecule has 0 aliphatic heterocycles. The van der Waals surface area contributed by atoms with Gasteiger partial charge < -0.3 is 20.7 Å². The van der Waals surface area contributed by atoms with Crippen molar-refractivity contribution in [2.75, 3.05) is 6.54 Å². The molecule has 2 unspecified atom stereocenters. The molecule has 0 saturated carbocycles. The Morgan fingerprint density at radius 1 is 1.00 bits per heavy atom. The van der Waals surface area contributed by atoms with E-state index in [1.165, 1.54) is 6.92 Å². The maximum Gasteiger partial charge on any atom is 0.408 e. The summed E-state index contributed by atoms with van der Waals surface area (Å²) in [6, 6.07) is 7.73. The molecule has 1 aromatic carbocycles. The number of carbonyl (C=O) groups is 3. The SMILES string of the molecule is CCNC(=O)C(C)NC(=O)C(C)NC(=O)OCc1ccccc1. The van der Waals surface area contributed by atoms with Crippen molar-refractivity contribution < 1.29 is 19.1 Å². The summed E-state index contributed by atoms with van der Waals surface area (Å²) >= 11 is 0. The van der Waals surface area contributed by atoms with E-state index in [1.54, 1.807) is 13.8 Å². The van der Waals surface area contributed by atoms with Crippen molar-refractivity contribution >= 4 is 17.9 Å². The van der Waals surface area contributed by atoms with Gasteiger partial charge in [-0.3, -0.25) is 9.59 Å². The Morgan fingerprint density at radius 2 is 1.61 bits per heavy atom. The largest absolute Gasteiger partial charge is 0.445 e. The third kappa shape index (κ3) is 6.82. The first-order valence-corrected chi connectivity index (χ1v) is 7.49. The summed E-state index contributed by atoms with van der Waals surface area (Å²) in [6.07, 6.45) is -0.692. The third-order valence-corrected chi connectivity index (χ3v) is 3.04. The van der Waals surface area contributed by atoms with Crippen molar-refractivity contribution in [1.29, 1.82) is 0 Å². The summed E-state index contributed by atoms with van der Waals surface area (Å²) in [5, 5.41) is 7.55. The molecular formula is C16H23N3O4. The number of carbonyl (C=O) groups excluding carboxylic acids is 3.